The Balaban J connectivity index is 0.000000145. The van der Waals surface area contributed by atoms with E-state index in [2.05, 4.69) is 15.1 Å². The topological polar surface area (TPSA) is 84.4 Å². The van der Waals surface area contributed by atoms with Gasteiger partial charge >= 0.3 is 0 Å². The second kappa shape index (κ2) is 9.72. The minimum atomic E-state index is -0.331. The van der Waals surface area contributed by atoms with Gasteiger partial charge < -0.3 is 10.9 Å². The predicted molar refractivity (Wildman–Crippen MR) is 130 cm³/mol. The summed E-state index contributed by atoms with van der Waals surface area (Å²) in [7, 11) is 0. The fourth-order valence-corrected chi connectivity index (χ4v) is 4.79. The van der Waals surface area contributed by atoms with Crippen LogP contribution in [0.15, 0.2) is 78.2 Å². The third kappa shape index (κ3) is 4.55. The first-order valence-electron chi connectivity index (χ1n) is 11.5. The highest BCUT2D eigenvalue weighted by atomic mass is 19.1. The molecule has 0 radical (unpaired) electrons. The summed E-state index contributed by atoms with van der Waals surface area (Å²) in [5, 5.41) is 12.6. The number of oxime groups is 1. The molecule has 0 aliphatic heterocycles. The third-order valence-corrected chi connectivity index (χ3v) is 6.54. The summed E-state index contributed by atoms with van der Waals surface area (Å²) >= 11 is 0. The molecule has 2 heterocycles. The highest BCUT2D eigenvalue weighted by Gasteiger charge is 2.22. The predicted octanol–water partition coefficient (Wildman–Crippen LogP) is 4.91. The van der Waals surface area contributed by atoms with Gasteiger partial charge in [-0.15, -0.1) is 0 Å². The molecule has 6 rings (SSSR count). The number of hydrogen-bond acceptors (Lipinski definition) is 5. The molecule has 3 N–H and O–H groups in total. The Kier molecular flexibility index (Phi) is 6.33. The number of benzene rings is 2. The average molecular weight is 471 g/mol. The van der Waals surface area contributed by atoms with Crippen molar-refractivity contribution in [2.45, 2.75) is 31.7 Å². The van der Waals surface area contributed by atoms with Gasteiger partial charge in [0, 0.05) is 29.2 Å². The van der Waals surface area contributed by atoms with Gasteiger partial charge in [0.05, 0.1) is 11.7 Å². The van der Waals surface area contributed by atoms with Crippen molar-refractivity contribution >= 4 is 5.71 Å². The van der Waals surface area contributed by atoms with Crippen LogP contribution < -0.4 is 5.73 Å². The van der Waals surface area contributed by atoms with Crippen molar-refractivity contribution < 1.29 is 14.0 Å². The number of hydrogen-bond donors (Lipinski definition) is 2. The monoisotopic (exact) mass is 470 g/mol. The fourth-order valence-electron chi connectivity index (χ4n) is 4.79. The molecule has 5 nitrogen and oxygen atoms in total. The van der Waals surface area contributed by atoms with Gasteiger partial charge in [-0.2, -0.15) is 0 Å². The number of aromatic nitrogens is 2. The van der Waals surface area contributed by atoms with E-state index in [4.69, 9.17) is 5.73 Å². The second-order valence-electron chi connectivity index (χ2n) is 8.61. The molecule has 4 aromatic rings. The Hall–Kier alpha value is -3.97. The van der Waals surface area contributed by atoms with E-state index in [9.17, 15) is 14.0 Å². The van der Waals surface area contributed by atoms with E-state index in [0.717, 1.165) is 64.9 Å². The van der Waals surface area contributed by atoms with Gasteiger partial charge in [0.1, 0.15) is 17.3 Å². The zero-order valence-corrected chi connectivity index (χ0v) is 19.0. The van der Waals surface area contributed by atoms with Crippen molar-refractivity contribution in [1.29, 1.82) is 0 Å². The Morgan fingerprint density at radius 3 is 2.20 bits per heavy atom. The lowest BCUT2D eigenvalue weighted by Crippen LogP contribution is -2.14. The molecule has 2 aromatic carbocycles. The van der Waals surface area contributed by atoms with Gasteiger partial charge in [0.25, 0.3) is 0 Å². The van der Waals surface area contributed by atoms with E-state index < -0.39 is 0 Å². The Morgan fingerprint density at radius 1 is 0.743 bits per heavy atom. The molecule has 2 aromatic heterocycles. The fraction of sp³-hybridized carbons (Fsp3) is 0.179. The van der Waals surface area contributed by atoms with Crippen LogP contribution in [0.1, 0.15) is 50.8 Å². The van der Waals surface area contributed by atoms with Crippen LogP contribution in [0.4, 0.5) is 8.78 Å². The quantitative estimate of drug-likeness (QED) is 0.282. The number of pyridine rings is 2. The molecular formula is C28H24F2N4O. The molecule has 0 saturated carbocycles. The highest BCUT2D eigenvalue weighted by molar-refractivity contribution is 6.14. The maximum Gasteiger partial charge on any atom is 0.123 e. The van der Waals surface area contributed by atoms with Crippen LogP contribution in [-0.2, 0) is 25.7 Å². The van der Waals surface area contributed by atoms with Crippen molar-refractivity contribution in [3.05, 3.63) is 129 Å². The smallest absolute Gasteiger partial charge is 0.123 e. The number of fused-ring (bicyclic) bond motifs is 4. The highest BCUT2D eigenvalue weighted by Crippen LogP contribution is 2.30. The summed E-state index contributed by atoms with van der Waals surface area (Å²) in [5.74, 6) is -0.561. The van der Waals surface area contributed by atoms with Crippen LogP contribution >= 0.6 is 0 Å². The largest absolute Gasteiger partial charge is 0.410 e. The molecule has 35 heavy (non-hydrogen) atoms. The number of halogens is 2. The summed E-state index contributed by atoms with van der Waals surface area (Å²) in [6.07, 6.45) is 6.74. The molecule has 176 valence electrons. The van der Waals surface area contributed by atoms with Crippen molar-refractivity contribution in [1.82, 2.24) is 9.97 Å². The van der Waals surface area contributed by atoms with E-state index in [0.29, 0.717) is 11.3 Å². The SMILES string of the molecule is NC1c2cc(F)ccc2CCc2ncccc21.ON=C1c2cc(F)ccc2CCc2ncccc21. The van der Waals surface area contributed by atoms with Gasteiger partial charge in [-0.05, 0) is 90.4 Å². The maximum atomic E-state index is 13.4. The van der Waals surface area contributed by atoms with E-state index in [-0.39, 0.29) is 17.7 Å². The van der Waals surface area contributed by atoms with Gasteiger partial charge in [-0.3, -0.25) is 9.97 Å². The first-order chi connectivity index (χ1) is 17.0. The van der Waals surface area contributed by atoms with Crippen LogP contribution in [0.25, 0.3) is 0 Å². The number of nitrogens with two attached hydrogens (primary N) is 1. The zero-order valence-electron chi connectivity index (χ0n) is 19.0. The molecule has 0 saturated heterocycles. The Morgan fingerprint density at radius 2 is 1.40 bits per heavy atom. The molecule has 7 heteroatoms. The summed E-state index contributed by atoms with van der Waals surface area (Å²) in [6.45, 7) is 0. The molecule has 1 unspecified atom stereocenters. The zero-order chi connectivity index (χ0) is 24.4. The summed E-state index contributed by atoms with van der Waals surface area (Å²) in [5.41, 5.74) is 13.9. The van der Waals surface area contributed by atoms with Crippen LogP contribution in [0.5, 0.6) is 0 Å². The van der Waals surface area contributed by atoms with Gasteiger partial charge in [-0.1, -0.05) is 23.4 Å². The molecule has 1 atom stereocenters. The summed E-state index contributed by atoms with van der Waals surface area (Å²) in [4.78, 5) is 8.66. The normalized spacial score (nSPS) is 17.0. The Bertz CT molecular complexity index is 1420. The van der Waals surface area contributed by atoms with Crippen molar-refractivity contribution in [2.75, 3.05) is 0 Å². The molecule has 2 aliphatic carbocycles. The first kappa shape index (κ1) is 22.8. The lowest BCUT2D eigenvalue weighted by molar-refractivity contribution is 0.319. The van der Waals surface area contributed by atoms with E-state index >= 15 is 0 Å². The second-order valence-corrected chi connectivity index (χ2v) is 8.61. The van der Waals surface area contributed by atoms with Gasteiger partial charge in [0.15, 0.2) is 0 Å². The molecule has 0 bridgehead atoms. The molecule has 0 spiro atoms. The minimum Gasteiger partial charge on any atom is -0.410 e. The molecule has 0 amide bonds. The minimum absolute atomic E-state index is 0.230. The molecule has 2 aliphatic rings. The summed E-state index contributed by atoms with van der Waals surface area (Å²) < 4.78 is 26.7. The van der Waals surface area contributed by atoms with Crippen molar-refractivity contribution in [3.63, 3.8) is 0 Å². The molecular weight excluding hydrogens is 446 g/mol. The lowest BCUT2D eigenvalue weighted by Gasteiger charge is -2.14. The average Bonchev–Trinajstić information content (AvgIpc) is 3.12. The number of aryl methyl sites for hydroxylation is 4. The molecule has 0 fully saturated rings. The van der Waals surface area contributed by atoms with Crippen molar-refractivity contribution in [3.8, 4) is 0 Å². The standard InChI is InChI=1S/C14H11FN2O.C14H13FN2/c15-10-5-3-9-4-6-13-11(2-1-7-16-13)14(17-18)12(9)8-10;15-10-5-3-9-4-6-13-11(2-1-7-17-13)14(16)12(9)8-10/h1-3,5,7-8,18H,4,6H2;1-3,5,7-8,14H,4,6,16H2. The summed E-state index contributed by atoms with van der Waals surface area (Å²) in [6, 6.07) is 16.7. The first-order valence-corrected chi connectivity index (χ1v) is 11.5. The van der Waals surface area contributed by atoms with E-state index in [1.807, 2.05) is 24.3 Å². The van der Waals surface area contributed by atoms with E-state index in [1.165, 1.54) is 18.2 Å². The lowest BCUT2D eigenvalue weighted by atomic mass is 9.97. The van der Waals surface area contributed by atoms with Crippen molar-refractivity contribution in [2.24, 2.45) is 10.9 Å². The third-order valence-electron chi connectivity index (χ3n) is 6.54. The van der Waals surface area contributed by atoms with Crippen LogP contribution in [0, 0.1) is 11.6 Å². The maximum absolute atomic E-state index is 13.4. The van der Waals surface area contributed by atoms with Crippen LogP contribution in [0.2, 0.25) is 0 Å². The number of rotatable bonds is 0. The van der Waals surface area contributed by atoms with Gasteiger partial charge in [-0.25, -0.2) is 8.78 Å². The van der Waals surface area contributed by atoms with Crippen LogP contribution in [0.3, 0.4) is 0 Å². The Labute approximate surface area is 202 Å². The van der Waals surface area contributed by atoms with Gasteiger partial charge in [0.2, 0.25) is 0 Å². The van der Waals surface area contributed by atoms with Crippen LogP contribution in [-0.4, -0.2) is 20.9 Å². The number of nitrogens with zero attached hydrogens (tertiary/aromatic N) is 3. The van der Waals surface area contributed by atoms with E-state index in [1.54, 1.807) is 30.6 Å².